The average Bonchev–Trinajstić information content (AvgIpc) is 3.39. The van der Waals surface area contributed by atoms with Gasteiger partial charge in [0.05, 0.1) is 6.04 Å². The summed E-state index contributed by atoms with van der Waals surface area (Å²) in [6, 6.07) is 14.6. The fourth-order valence-electron chi connectivity index (χ4n) is 4.71. The number of rotatable bonds is 3. The van der Waals surface area contributed by atoms with Crippen molar-refractivity contribution >= 4 is 22.8 Å². The van der Waals surface area contributed by atoms with Crippen LogP contribution in [0.15, 0.2) is 54.9 Å². The molecule has 0 spiro atoms. The number of H-pyrrole nitrogens is 1. The molecule has 144 valence electrons. The largest absolute Gasteiger partial charge is 0.445 e. The van der Waals surface area contributed by atoms with Crippen LogP contribution in [0.2, 0.25) is 0 Å². The van der Waals surface area contributed by atoms with Crippen LogP contribution in [0.1, 0.15) is 24.8 Å². The summed E-state index contributed by atoms with van der Waals surface area (Å²) < 4.78 is 5.63. The van der Waals surface area contributed by atoms with Crippen molar-refractivity contribution < 1.29 is 9.53 Å². The van der Waals surface area contributed by atoms with Crippen molar-refractivity contribution in [3.05, 3.63) is 60.4 Å². The summed E-state index contributed by atoms with van der Waals surface area (Å²) in [5.74, 6) is 0. The molecule has 0 saturated carbocycles. The van der Waals surface area contributed by atoms with Gasteiger partial charge in [0.25, 0.3) is 0 Å². The lowest BCUT2D eigenvalue weighted by Gasteiger charge is -2.40. The van der Waals surface area contributed by atoms with Gasteiger partial charge in [-0.05, 0) is 37.0 Å². The highest BCUT2D eigenvalue weighted by Crippen LogP contribution is 2.37. The molecule has 1 N–H and O–H groups in total. The molecule has 2 aromatic heterocycles. The highest BCUT2D eigenvalue weighted by molar-refractivity contribution is 5.90. The number of hydrogen-bond donors (Lipinski definition) is 1. The van der Waals surface area contributed by atoms with Crippen molar-refractivity contribution in [3.8, 4) is 0 Å². The zero-order valence-corrected chi connectivity index (χ0v) is 15.8. The Balaban J connectivity index is 1.32. The van der Waals surface area contributed by atoms with E-state index in [1.807, 2.05) is 47.6 Å². The molecule has 1 amide bonds. The first-order valence-electron chi connectivity index (χ1n) is 9.97. The van der Waals surface area contributed by atoms with Crippen LogP contribution in [-0.2, 0) is 11.3 Å². The normalized spacial score (nSPS) is 21.7. The number of nitrogens with zero attached hydrogens (tertiary/aromatic N) is 3. The first-order valence-corrected chi connectivity index (χ1v) is 9.97. The lowest BCUT2D eigenvalue weighted by Crippen LogP contribution is -2.52. The number of aromatic nitrogens is 2. The number of piperidine rings is 1. The Bertz CT molecular complexity index is 971. The van der Waals surface area contributed by atoms with Gasteiger partial charge in [-0.3, -0.25) is 0 Å². The minimum Gasteiger partial charge on any atom is -0.445 e. The Morgan fingerprint density at radius 3 is 2.89 bits per heavy atom. The molecule has 0 radical (unpaired) electrons. The van der Waals surface area contributed by atoms with E-state index in [0.29, 0.717) is 12.6 Å². The highest BCUT2D eigenvalue weighted by atomic mass is 16.6. The van der Waals surface area contributed by atoms with Gasteiger partial charge < -0.3 is 19.5 Å². The summed E-state index contributed by atoms with van der Waals surface area (Å²) in [7, 11) is 0. The number of pyridine rings is 1. The third-order valence-electron chi connectivity index (χ3n) is 6.00. The molecule has 5 rings (SSSR count). The summed E-state index contributed by atoms with van der Waals surface area (Å²) in [5, 5.41) is 1.15. The Morgan fingerprint density at radius 1 is 1.11 bits per heavy atom. The van der Waals surface area contributed by atoms with Crippen LogP contribution in [0.5, 0.6) is 0 Å². The molecule has 6 nitrogen and oxygen atoms in total. The Morgan fingerprint density at radius 2 is 2.00 bits per heavy atom. The maximum absolute atomic E-state index is 12.8. The minimum atomic E-state index is -0.193. The third-order valence-corrected chi connectivity index (χ3v) is 6.00. The first-order chi connectivity index (χ1) is 13.8. The maximum atomic E-state index is 12.8. The molecule has 2 unspecified atom stereocenters. The Hall–Kier alpha value is -3.02. The Kier molecular flexibility index (Phi) is 4.39. The summed E-state index contributed by atoms with van der Waals surface area (Å²) in [4.78, 5) is 24.8. The molecular formula is C22H24N4O2. The summed E-state index contributed by atoms with van der Waals surface area (Å²) in [5.41, 5.74) is 3.14. The van der Waals surface area contributed by atoms with Gasteiger partial charge in [0, 0.05) is 42.6 Å². The maximum Gasteiger partial charge on any atom is 0.410 e. The van der Waals surface area contributed by atoms with Gasteiger partial charge in [0.15, 0.2) is 0 Å². The second-order valence-electron chi connectivity index (χ2n) is 7.56. The van der Waals surface area contributed by atoms with E-state index >= 15 is 0 Å². The predicted molar refractivity (Wildman–Crippen MR) is 108 cm³/mol. The van der Waals surface area contributed by atoms with Gasteiger partial charge >= 0.3 is 6.09 Å². The van der Waals surface area contributed by atoms with E-state index in [-0.39, 0.29) is 12.1 Å². The zero-order chi connectivity index (χ0) is 18.9. The number of aromatic amines is 1. The smallest absolute Gasteiger partial charge is 0.410 e. The number of likely N-dealkylation sites (tertiary alicyclic amines) is 1. The fourth-order valence-corrected chi connectivity index (χ4v) is 4.71. The lowest BCUT2D eigenvalue weighted by atomic mass is 9.97. The van der Waals surface area contributed by atoms with E-state index in [0.717, 1.165) is 48.9 Å². The fraction of sp³-hybridized carbons (Fsp3) is 0.364. The Labute approximate surface area is 164 Å². The molecule has 3 aromatic rings. The van der Waals surface area contributed by atoms with Crippen molar-refractivity contribution in [1.29, 1.82) is 0 Å². The van der Waals surface area contributed by atoms with E-state index in [2.05, 4.69) is 27.0 Å². The molecule has 2 fully saturated rings. The minimum absolute atomic E-state index is 0.193. The summed E-state index contributed by atoms with van der Waals surface area (Å²) >= 11 is 0. The van der Waals surface area contributed by atoms with Crippen LogP contribution in [0.4, 0.5) is 10.5 Å². The topological polar surface area (TPSA) is 61.5 Å². The third kappa shape index (κ3) is 2.99. The molecule has 6 heteroatoms. The molecule has 1 aromatic carbocycles. The molecule has 2 atom stereocenters. The van der Waals surface area contributed by atoms with E-state index in [9.17, 15) is 4.79 Å². The predicted octanol–water partition coefficient (Wildman–Crippen LogP) is 3.94. The van der Waals surface area contributed by atoms with Crippen molar-refractivity contribution in [1.82, 2.24) is 14.9 Å². The molecule has 0 aliphatic carbocycles. The van der Waals surface area contributed by atoms with Crippen molar-refractivity contribution in [2.75, 3.05) is 18.0 Å². The SMILES string of the molecule is O=C(OCc1ccccc1)N1CCCC2C1CCN2c1ccnc2[nH]ccc12. The molecule has 2 saturated heterocycles. The average molecular weight is 376 g/mol. The number of amides is 1. The molecule has 4 heterocycles. The van der Waals surface area contributed by atoms with E-state index in [1.165, 1.54) is 5.69 Å². The van der Waals surface area contributed by atoms with E-state index < -0.39 is 0 Å². The van der Waals surface area contributed by atoms with E-state index in [4.69, 9.17) is 4.74 Å². The second kappa shape index (κ2) is 7.19. The van der Waals surface area contributed by atoms with Gasteiger partial charge in [-0.25, -0.2) is 9.78 Å². The van der Waals surface area contributed by atoms with Gasteiger partial charge in [0.1, 0.15) is 12.3 Å². The number of carbonyl (C=O) groups is 1. The van der Waals surface area contributed by atoms with Crippen LogP contribution >= 0.6 is 0 Å². The van der Waals surface area contributed by atoms with Crippen LogP contribution in [0.25, 0.3) is 11.0 Å². The summed E-state index contributed by atoms with van der Waals surface area (Å²) in [6.07, 6.45) is 6.67. The number of hydrogen-bond acceptors (Lipinski definition) is 4. The number of benzene rings is 1. The number of ether oxygens (including phenoxy) is 1. The quantitative estimate of drug-likeness (QED) is 0.752. The number of nitrogens with one attached hydrogen (secondary N) is 1. The molecular weight excluding hydrogens is 352 g/mol. The van der Waals surface area contributed by atoms with Gasteiger partial charge in [-0.15, -0.1) is 0 Å². The molecule has 28 heavy (non-hydrogen) atoms. The van der Waals surface area contributed by atoms with Crippen LogP contribution in [0.3, 0.4) is 0 Å². The van der Waals surface area contributed by atoms with Crippen molar-refractivity contribution in [3.63, 3.8) is 0 Å². The first kappa shape index (κ1) is 17.1. The molecule has 2 aliphatic rings. The molecule has 0 bridgehead atoms. The monoisotopic (exact) mass is 376 g/mol. The van der Waals surface area contributed by atoms with Gasteiger partial charge in [-0.2, -0.15) is 0 Å². The summed E-state index contributed by atoms with van der Waals surface area (Å²) in [6.45, 7) is 2.05. The highest BCUT2D eigenvalue weighted by Gasteiger charge is 2.43. The number of fused-ring (bicyclic) bond motifs is 2. The van der Waals surface area contributed by atoms with Crippen LogP contribution in [-0.4, -0.2) is 46.1 Å². The zero-order valence-electron chi connectivity index (χ0n) is 15.8. The molecule has 2 aliphatic heterocycles. The lowest BCUT2D eigenvalue weighted by molar-refractivity contribution is 0.0673. The van der Waals surface area contributed by atoms with Crippen molar-refractivity contribution in [2.45, 2.75) is 38.0 Å². The number of carbonyl (C=O) groups excluding carboxylic acids is 1. The van der Waals surface area contributed by atoms with Gasteiger partial charge in [-0.1, -0.05) is 30.3 Å². The van der Waals surface area contributed by atoms with Gasteiger partial charge in [0.2, 0.25) is 0 Å². The van der Waals surface area contributed by atoms with Crippen LogP contribution < -0.4 is 4.90 Å². The number of anilines is 1. The van der Waals surface area contributed by atoms with Crippen LogP contribution in [0, 0.1) is 0 Å². The van der Waals surface area contributed by atoms with Crippen molar-refractivity contribution in [2.24, 2.45) is 0 Å². The van der Waals surface area contributed by atoms with E-state index in [1.54, 1.807) is 0 Å². The standard InChI is InChI=1S/C22H24N4O2/c27-22(28-15-16-5-2-1-3-6-16)26-13-4-7-19-20(26)10-14-25(19)18-9-12-24-21-17(18)8-11-23-21/h1-3,5-6,8-9,11-12,19-20H,4,7,10,13-15H2,(H,23,24). The second-order valence-corrected chi connectivity index (χ2v) is 7.56.